The third-order valence-electron chi connectivity index (χ3n) is 3.24. The SMILES string of the molecule is O=C(O)C1CCCN(S(=O)(=O)Nc2ccc(Br)cc2F)C1. The minimum Gasteiger partial charge on any atom is -0.481 e. The van der Waals surface area contributed by atoms with E-state index in [1.54, 1.807) is 0 Å². The summed E-state index contributed by atoms with van der Waals surface area (Å²) < 4.78 is 41.8. The number of hydrogen-bond acceptors (Lipinski definition) is 3. The van der Waals surface area contributed by atoms with Crippen LogP contribution in [0.15, 0.2) is 22.7 Å². The number of carboxylic acids is 1. The molecule has 1 heterocycles. The van der Waals surface area contributed by atoms with Gasteiger partial charge in [0.25, 0.3) is 0 Å². The number of nitrogens with one attached hydrogen (secondary N) is 1. The molecule has 2 rings (SSSR count). The molecule has 1 aromatic carbocycles. The van der Waals surface area contributed by atoms with Gasteiger partial charge in [-0.05, 0) is 31.0 Å². The van der Waals surface area contributed by atoms with Crippen LogP contribution in [-0.2, 0) is 15.0 Å². The van der Waals surface area contributed by atoms with Gasteiger partial charge in [-0.15, -0.1) is 0 Å². The number of rotatable bonds is 4. The summed E-state index contributed by atoms with van der Waals surface area (Å²) in [6, 6.07) is 3.96. The van der Waals surface area contributed by atoms with Crippen molar-refractivity contribution in [3.63, 3.8) is 0 Å². The van der Waals surface area contributed by atoms with Gasteiger partial charge in [0.1, 0.15) is 5.82 Å². The van der Waals surface area contributed by atoms with Crippen LogP contribution >= 0.6 is 15.9 Å². The van der Waals surface area contributed by atoms with E-state index in [2.05, 4.69) is 20.7 Å². The first-order valence-corrected chi connectivity index (χ1v) is 8.48. The second kappa shape index (κ2) is 6.29. The minimum absolute atomic E-state index is 0.108. The van der Waals surface area contributed by atoms with Crippen molar-refractivity contribution in [1.82, 2.24) is 4.31 Å². The van der Waals surface area contributed by atoms with Crippen molar-refractivity contribution < 1.29 is 22.7 Å². The van der Waals surface area contributed by atoms with Crippen LogP contribution in [0.1, 0.15) is 12.8 Å². The molecule has 1 unspecified atom stereocenters. The van der Waals surface area contributed by atoms with Crippen LogP contribution < -0.4 is 4.72 Å². The Morgan fingerprint density at radius 2 is 2.19 bits per heavy atom. The highest BCUT2D eigenvalue weighted by molar-refractivity contribution is 9.10. The molecule has 0 saturated carbocycles. The van der Waals surface area contributed by atoms with Crippen LogP contribution in [0.4, 0.5) is 10.1 Å². The second-order valence-corrected chi connectivity index (χ2v) is 7.35. The third kappa shape index (κ3) is 3.92. The zero-order valence-corrected chi connectivity index (χ0v) is 13.3. The molecule has 0 radical (unpaired) electrons. The summed E-state index contributed by atoms with van der Waals surface area (Å²) in [7, 11) is -3.97. The molecule has 1 aromatic rings. The molecule has 9 heteroatoms. The molecular formula is C12H14BrFN2O4S. The van der Waals surface area contributed by atoms with Gasteiger partial charge in [-0.1, -0.05) is 15.9 Å². The van der Waals surface area contributed by atoms with Crippen molar-refractivity contribution in [3.8, 4) is 0 Å². The van der Waals surface area contributed by atoms with Gasteiger partial charge in [0.05, 0.1) is 11.6 Å². The quantitative estimate of drug-likeness (QED) is 0.836. The van der Waals surface area contributed by atoms with Crippen molar-refractivity contribution in [2.24, 2.45) is 5.92 Å². The molecule has 0 spiro atoms. The predicted molar refractivity (Wildman–Crippen MR) is 78.6 cm³/mol. The normalized spacial score (nSPS) is 20.2. The van der Waals surface area contributed by atoms with Gasteiger partial charge >= 0.3 is 16.2 Å². The number of anilines is 1. The van der Waals surface area contributed by atoms with Gasteiger partial charge in [-0.25, -0.2) is 4.39 Å². The second-order valence-electron chi connectivity index (χ2n) is 4.77. The number of piperidine rings is 1. The van der Waals surface area contributed by atoms with E-state index in [1.807, 2.05) is 0 Å². The first-order chi connectivity index (χ1) is 9.79. The highest BCUT2D eigenvalue weighted by Crippen LogP contribution is 2.24. The predicted octanol–water partition coefficient (Wildman–Crippen LogP) is 2.04. The molecule has 0 amide bonds. The van der Waals surface area contributed by atoms with Gasteiger partial charge in [-0.2, -0.15) is 12.7 Å². The van der Waals surface area contributed by atoms with E-state index in [0.717, 1.165) is 10.4 Å². The maximum absolute atomic E-state index is 13.7. The average molecular weight is 381 g/mol. The van der Waals surface area contributed by atoms with E-state index in [1.165, 1.54) is 12.1 Å². The van der Waals surface area contributed by atoms with Crippen LogP contribution in [-0.4, -0.2) is 36.9 Å². The molecule has 21 heavy (non-hydrogen) atoms. The summed E-state index contributed by atoms with van der Waals surface area (Å²) >= 11 is 3.08. The van der Waals surface area contributed by atoms with Crippen molar-refractivity contribution in [2.45, 2.75) is 12.8 Å². The molecular weight excluding hydrogens is 367 g/mol. The van der Waals surface area contributed by atoms with E-state index in [-0.39, 0.29) is 18.8 Å². The van der Waals surface area contributed by atoms with Gasteiger partial charge in [0.2, 0.25) is 0 Å². The van der Waals surface area contributed by atoms with Gasteiger partial charge in [0.15, 0.2) is 0 Å². The first-order valence-electron chi connectivity index (χ1n) is 6.25. The van der Waals surface area contributed by atoms with Crippen LogP contribution in [0.5, 0.6) is 0 Å². The van der Waals surface area contributed by atoms with Crippen molar-refractivity contribution in [2.75, 3.05) is 17.8 Å². The number of halogens is 2. The Morgan fingerprint density at radius 3 is 2.81 bits per heavy atom. The number of carbonyl (C=O) groups is 1. The lowest BCUT2D eigenvalue weighted by molar-refractivity contribution is -0.142. The van der Waals surface area contributed by atoms with E-state index in [0.29, 0.717) is 17.3 Å². The summed E-state index contributed by atoms with van der Waals surface area (Å²) in [5, 5.41) is 8.98. The molecule has 1 fully saturated rings. The Bertz CT molecular complexity index is 653. The van der Waals surface area contributed by atoms with E-state index in [9.17, 15) is 17.6 Å². The lowest BCUT2D eigenvalue weighted by atomic mass is 10.0. The molecule has 1 atom stereocenters. The fraction of sp³-hybridized carbons (Fsp3) is 0.417. The van der Waals surface area contributed by atoms with Gasteiger partial charge < -0.3 is 5.11 Å². The molecule has 2 N–H and O–H groups in total. The molecule has 0 aromatic heterocycles. The minimum atomic E-state index is -3.97. The largest absolute Gasteiger partial charge is 0.481 e. The van der Waals surface area contributed by atoms with E-state index < -0.39 is 27.9 Å². The molecule has 1 aliphatic rings. The maximum atomic E-state index is 13.7. The summed E-state index contributed by atoms with van der Waals surface area (Å²) in [6.07, 6.45) is 0.898. The number of aliphatic carboxylic acids is 1. The molecule has 1 saturated heterocycles. The monoisotopic (exact) mass is 380 g/mol. The maximum Gasteiger partial charge on any atom is 0.307 e. The fourth-order valence-electron chi connectivity index (χ4n) is 2.14. The van der Waals surface area contributed by atoms with Crippen LogP contribution in [0.3, 0.4) is 0 Å². The Hall–Kier alpha value is -1.19. The zero-order chi connectivity index (χ0) is 15.6. The Labute approximate surface area is 130 Å². The van der Waals surface area contributed by atoms with E-state index in [4.69, 9.17) is 5.11 Å². The molecule has 0 aliphatic carbocycles. The van der Waals surface area contributed by atoms with E-state index >= 15 is 0 Å². The van der Waals surface area contributed by atoms with Gasteiger partial charge in [0, 0.05) is 17.6 Å². The molecule has 0 bridgehead atoms. The Kier molecular flexibility index (Phi) is 4.84. The Morgan fingerprint density at radius 1 is 1.48 bits per heavy atom. The number of nitrogens with zero attached hydrogens (tertiary/aromatic N) is 1. The van der Waals surface area contributed by atoms with Crippen molar-refractivity contribution in [3.05, 3.63) is 28.5 Å². The summed E-state index contributed by atoms with van der Waals surface area (Å²) in [6.45, 7) is 0.111. The summed E-state index contributed by atoms with van der Waals surface area (Å²) in [5.74, 6) is -2.46. The smallest absolute Gasteiger partial charge is 0.307 e. The lowest BCUT2D eigenvalue weighted by Gasteiger charge is -2.30. The highest BCUT2D eigenvalue weighted by atomic mass is 79.9. The van der Waals surface area contributed by atoms with Gasteiger partial charge in [-0.3, -0.25) is 9.52 Å². The molecule has 116 valence electrons. The van der Waals surface area contributed by atoms with Crippen molar-refractivity contribution in [1.29, 1.82) is 0 Å². The summed E-state index contributed by atoms with van der Waals surface area (Å²) in [5.41, 5.74) is -0.171. The number of hydrogen-bond donors (Lipinski definition) is 2. The topological polar surface area (TPSA) is 86.7 Å². The average Bonchev–Trinajstić information content (AvgIpc) is 2.42. The Balaban J connectivity index is 2.16. The first kappa shape index (κ1) is 16.2. The fourth-order valence-corrected chi connectivity index (χ4v) is 3.79. The molecule has 6 nitrogen and oxygen atoms in total. The summed E-state index contributed by atoms with van der Waals surface area (Å²) in [4.78, 5) is 11.0. The number of carboxylic acid groups (broad SMARTS) is 1. The zero-order valence-electron chi connectivity index (χ0n) is 10.9. The standard InChI is InChI=1S/C12H14BrFN2O4S/c13-9-3-4-11(10(14)6-9)15-21(19,20)16-5-1-2-8(7-16)12(17)18/h3-4,6,8,15H,1-2,5,7H2,(H,17,18). The van der Waals surface area contributed by atoms with Crippen LogP contribution in [0.25, 0.3) is 0 Å². The molecule has 1 aliphatic heterocycles. The van der Waals surface area contributed by atoms with Crippen LogP contribution in [0, 0.1) is 11.7 Å². The highest BCUT2D eigenvalue weighted by Gasteiger charge is 2.32. The third-order valence-corrected chi connectivity index (χ3v) is 5.23. The lowest BCUT2D eigenvalue weighted by Crippen LogP contribution is -2.44. The number of benzene rings is 1. The van der Waals surface area contributed by atoms with Crippen LogP contribution in [0.2, 0.25) is 0 Å². The van der Waals surface area contributed by atoms with Crippen molar-refractivity contribution >= 4 is 37.8 Å².